The smallest absolute Gasteiger partial charge is 0.314 e. The minimum Gasteiger partial charge on any atom is -0.381 e. The number of primary amides is 1. The van der Waals surface area contributed by atoms with Crippen LogP contribution in [-0.2, 0) is 4.79 Å². The van der Waals surface area contributed by atoms with Gasteiger partial charge in [0.05, 0.1) is 5.92 Å². The van der Waals surface area contributed by atoms with Crippen LogP contribution in [0.4, 0.5) is 10.5 Å². The zero-order valence-electron chi connectivity index (χ0n) is 14.0. The Morgan fingerprint density at radius 3 is 2.46 bits per heavy atom. The van der Waals surface area contributed by atoms with E-state index in [0.29, 0.717) is 13.1 Å². The van der Waals surface area contributed by atoms with Crippen molar-refractivity contribution < 1.29 is 9.59 Å². The lowest BCUT2D eigenvalue weighted by molar-refractivity contribution is -0.138. The molecular formula is C18H26N4O2. The van der Waals surface area contributed by atoms with Gasteiger partial charge < -0.3 is 20.9 Å². The Kier molecular flexibility index (Phi) is 5.23. The minimum absolute atomic E-state index is 0.110. The van der Waals surface area contributed by atoms with Crippen LogP contribution in [0.25, 0.3) is 0 Å². The van der Waals surface area contributed by atoms with Gasteiger partial charge in [-0.2, -0.15) is 0 Å². The lowest BCUT2D eigenvalue weighted by atomic mass is 9.95. The molecule has 24 heavy (non-hydrogen) atoms. The van der Waals surface area contributed by atoms with Crippen LogP contribution in [0.2, 0.25) is 0 Å². The molecule has 3 rings (SSSR count). The molecule has 0 bridgehead atoms. The molecule has 1 aromatic rings. The van der Waals surface area contributed by atoms with Crippen molar-refractivity contribution in [2.75, 3.05) is 31.5 Å². The highest BCUT2D eigenvalue weighted by atomic mass is 16.2. The molecule has 130 valence electrons. The topological polar surface area (TPSA) is 78.7 Å². The summed E-state index contributed by atoms with van der Waals surface area (Å²) in [6, 6.07) is 9.97. The fourth-order valence-corrected chi connectivity index (χ4v) is 3.70. The van der Waals surface area contributed by atoms with E-state index in [0.717, 1.165) is 44.5 Å². The number of likely N-dealkylation sites (tertiary alicyclic amines) is 2. The fourth-order valence-electron chi connectivity index (χ4n) is 3.70. The Balaban J connectivity index is 1.57. The highest BCUT2D eigenvalue weighted by Crippen LogP contribution is 2.22. The van der Waals surface area contributed by atoms with Crippen LogP contribution in [-0.4, -0.2) is 54.0 Å². The Morgan fingerprint density at radius 1 is 1.00 bits per heavy atom. The van der Waals surface area contributed by atoms with Crippen LogP contribution in [0, 0.1) is 5.92 Å². The van der Waals surface area contributed by atoms with Gasteiger partial charge in [0.15, 0.2) is 0 Å². The van der Waals surface area contributed by atoms with Crippen LogP contribution >= 0.6 is 0 Å². The van der Waals surface area contributed by atoms with Crippen molar-refractivity contribution in [3.05, 3.63) is 30.3 Å². The molecule has 1 aromatic carbocycles. The van der Waals surface area contributed by atoms with Gasteiger partial charge in [-0.1, -0.05) is 18.2 Å². The summed E-state index contributed by atoms with van der Waals surface area (Å²) < 4.78 is 0. The van der Waals surface area contributed by atoms with Gasteiger partial charge in [0, 0.05) is 37.9 Å². The monoisotopic (exact) mass is 330 g/mol. The molecule has 6 nitrogen and oxygen atoms in total. The van der Waals surface area contributed by atoms with Gasteiger partial charge in [0.2, 0.25) is 5.91 Å². The Hall–Kier alpha value is -2.24. The summed E-state index contributed by atoms with van der Waals surface area (Å²) in [6.45, 7) is 2.65. The van der Waals surface area contributed by atoms with E-state index in [1.54, 1.807) is 4.90 Å². The molecule has 2 fully saturated rings. The third kappa shape index (κ3) is 3.99. The third-order valence-corrected chi connectivity index (χ3v) is 4.96. The van der Waals surface area contributed by atoms with Crippen molar-refractivity contribution in [2.24, 2.45) is 11.7 Å². The van der Waals surface area contributed by atoms with Crippen molar-refractivity contribution in [2.45, 2.75) is 31.7 Å². The molecule has 0 aliphatic carbocycles. The zero-order chi connectivity index (χ0) is 16.9. The summed E-state index contributed by atoms with van der Waals surface area (Å²) in [6.07, 6.45) is 3.76. The molecule has 0 aromatic heterocycles. The molecule has 2 aliphatic rings. The van der Waals surface area contributed by atoms with Gasteiger partial charge in [-0.3, -0.25) is 4.79 Å². The highest BCUT2D eigenvalue weighted by molar-refractivity contribution is 5.80. The van der Waals surface area contributed by atoms with E-state index in [-0.39, 0.29) is 17.9 Å². The number of carbonyl (C=O) groups excluding carboxylic acids is 2. The number of hydrogen-bond acceptors (Lipinski definition) is 3. The lowest BCUT2D eigenvalue weighted by Crippen LogP contribution is -2.51. The number of amides is 3. The van der Waals surface area contributed by atoms with Crippen LogP contribution in [0.1, 0.15) is 25.7 Å². The summed E-state index contributed by atoms with van der Waals surface area (Å²) in [4.78, 5) is 27.8. The molecular weight excluding hydrogens is 304 g/mol. The predicted octanol–water partition coefficient (Wildman–Crippen LogP) is 1.88. The maximum absolute atomic E-state index is 12.8. The van der Waals surface area contributed by atoms with Crippen molar-refractivity contribution in [1.29, 1.82) is 0 Å². The molecule has 0 saturated carbocycles. The Bertz CT molecular complexity index is 578. The second-order valence-corrected chi connectivity index (χ2v) is 6.76. The third-order valence-electron chi connectivity index (χ3n) is 4.96. The van der Waals surface area contributed by atoms with Crippen LogP contribution in [0.15, 0.2) is 30.3 Å². The number of hydrogen-bond donors (Lipinski definition) is 2. The number of piperidine rings is 2. The van der Waals surface area contributed by atoms with Gasteiger partial charge in [-0.05, 0) is 37.8 Å². The zero-order valence-corrected chi connectivity index (χ0v) is 14.0. The summed E-state index contributed by atoms with van der Waals surface area (Å²) in [5.74, 6) is 0.0576. The average Bonchev–Trinajstić information content (AvgIpc) is 2.62. The molecule has 2 unspecified atom stereocenters. The highest BCUT2D eigenvalue weighted by Gasteiger charge is 2.32. The molecule has 3 N–H and O–H groups in total. The van der Waals surface area contributed by atoms with Crippen molar-refractivity contribution >= 4 is 17.6 Å². The van der Waals surface area contributed by atoms with E-state index in [4.69, 9.17) is 5.73 Å². The first-order chi connectivity index (χ1) is 11.6. The van der Waals surface area contributed by atoms with Crippen LogP contribution in [0.5, 0.6) is 0 Å². The standard InChI is InChI=1S/C18H26N4O2/c19-18(24)22-11-4-6-14(12-22)17(23)21-10-5-9-16(13-21)20-15-7-2-1-3-8-15/h1-3,7-8,14,16,20H,4-6,9-13H2,(H2,19,24). The van der Waals surface area contributed by atoms with Crippen molar-refractivity contribution in [1.82, 2.24) is 9.80 Å². The molecule has 3 amide bonds. The lowest BCUT2D eigenvalue weighted by Gasteiger charge is -2.38. The normalized spacial score (nSPS) is 24.5. The van der Waals surface area contributed by atoms with Crippen LogP contribution < -0.4 is 11.1 Å². The van der Waals surface area contributed by atoms with Crippen molar-refractivity contribution in [3.8, 4) is 0 Å². The minimum atomic E-state index is -0.422. The van der Waals surface area contributed by atoms with E-state index in [2.05, 4.69) is 5.32 Å². The molecule has 2 aliphatic heterocycles. The second kappa shape index (κ2) is 7.55. The van der Waals surface area contributed by atoms with Gasteiger partial charge in [-0.15, -0.1) is 0 Å². The van der Waals surface area contributed by atoms with E-state index in [9.17, 15) is 9.59 Å². The van der Waals surface area contributed by atoms with Crippen molar-refractivity contribution in [3.63, 3.8) is 0 Å². The molecule has 2 atom stereocenters. The number of carbonyl (C=O) groups is 2. The van der Waals surface area contributed by atoms with Gasteiger partial charge in [-0.25, -0.2) is 4.79 Å². The number of nitrogens with zero attached hydrogens (tertiary/aromatic N) is 2. The number of nitrogens with two attached hydrogens (primary N) is 1. The van der Waals surface area contributed by atoms with E-state index >= 15 is 0 Å². The number of rotatable bonds is 3. The molecule has 2 saturated heterocycles. The first kappa shape index (κ1) is 16.6. The summed E-state index contributed by atoms with van der Waals surface area (Å²) >= 11 is 0. The van der Waals surface area contributed by atoms with Gasteiger partial charge in [0.25, 0.3) is 0 Å². The SMILES string of the molecule is NC(=O)N1CCCC(C(=O)N2CCCC(Nc3ccccc3)C2)C1. The fraction of sp³-hybridized carbons (Fsp3) is 0.556. The largest absolute Gasteiger partial charge is 0.381 e. The molecule has 2 heterocycles. The first-order valence-electron chi connectivity index (χ1n) is 8.78. The number of urea groups is 1. The average molecular weight is 330 g/mol. The van der Waals surface area contributed by atoms with Gasteiger partial charge >= 0.3 is 6.03 Å². The summed E-state index contributed by atoms with van der Waals surface area (Å²) in [5.41, 5.74) is 6.46. The number of nitrogens with one attached hydrogen (secondary N) is 1. The number of anilines is 1. The molecule has 0 spiro atoms. The maximum atomic E-state index is 12.8. The summed E-state index contributed by atoms with van der Waals surface area (Å²) in [5, 5.41) is 3.52. The predicted molar refractivity (Wildman–Crippen MR) is 93.5 cm³/mol. The summed E-state index contributed by atoms with van der Waals surface area (Å²) in [7, 11) is 0. The van der Waals surface area contributed by atoms with E-state index < -0.39 is 6.03 Å². The number of benzene rings is 1. The first-order valence-corrected chi connectivity index (χ1v) is 8.78. The van der Waals surface area contributed by atoms with Gasteiger partial charge in [0.1, 0.15) is 0 Å². The molecule has 6 heteroatoms. The Morgan fingerprint density at radius 2 is 1.71 bits per heavy atom. The van der Waals surface area contributed by atoms with E-state index in [1.807, 2.05) is 35.2 Å². The van der Waals surface area contributed by atoms with Crippen LogP contribution in [0.3, 0.4) is 0 Å². The van der Waals surface area contributed by atoms with E-state index in [1.165, 1.54) is 0 Å². The quantitative estimate of drug-likeness (QED) is 0.888. The maximum Gasteiger partial charge on any atom is 0.314 e. The second-order valence-electron chi connectivity index (χ2n) is 6.76. The Labute approximate surface area is 143 Å². The number of para-hydroxylation sites is 1. The molecule has 0 radical (unpaired) electrons.